The normalized spacial score (nSPS) is 10.7. The number of aryl methyl sites for hydroxylation is 1. The number of halogens is 1. The molecular weight excluding hydrogens is 321 g/mol. The highest BCUT2D eigenvalue weighted by atomic mass is 19.1. The van der Waals surface area contributed by atoms with Crippen LogP contribution in [0.3, 0.4) is 0 Å². The summed E-state index contributed by atoms with van der Waals surface area (Å²) in [5.41, 5.74) is 7.29. The van der Waals surface area contributed by atoms with Crippen LogP contribution in [0.4, 0.5) is 10.1 Å². The molecule has 0 fully saturated rings. The lowest BCUT2D eigenvalue weighted by Gasteiger charge is -2.12. The molecule has 1 aromatic heterocycles. The van der Waals surface area contributed by atoms with Crippen molar-refractivity contribution in [3.05, 3.63) is 65.2 Å². The number of hydrogen-bond donors (Lipinski definition) is 2. The molecule has 1 amide bonds. The molecule has 0 aliphatic rings. The second-order valence-electron chi connectivity index (χ2n) is 5.73. The predicted molar refractivity (Wildman–Crippen MR) is 93.4 cm³/mol. The summed E-state index contributed by atoms with van der Waals surface area (Å²) >= 11 is 0. The maximum atomic E-state index is 13.7. The molecule has 0 saturated heterocycles. The molecule has 7 heteroatoms. The topological polar surface area (TPSA) is 85.8 Å². The molecule has 0 atom stereocenters. The minimum atomic E-state index is -0.690. The van der Waals surface area contributed by atoms with Gasteiger partial charge in [0.1, 0.15) is 5.82 Å². The third-order valence-electron chi connectivity index (χ3n) is 4.00. The van der Waals surface area contributed by atoms with Gasteiger partial charge in [0.25, 0.3) is 5.91 Å². The van der Waals surface area contributed by atoms with Gasteiger partial charge in [-0.15, -0.1) is 10.2 Å². The van der Waals surface area contributed by atoms with E-state index in [9.17, 15) is 9.18 Å². The standard InChI is InChI=1S/C18H18FN5O/c1-11-8-15(13(17(20)25)9-14(11)19)21-10-16-22-23-18(24(16)2)12-6-4-3-5-7-12/h3-9,21H,10H2,1-2H3,(H2,20,25). The van der Waals surface area contributed by atoms with Crippen molar-refractivity contribution in [3.63, 3.8) is 0 Å². The quantitative estimate of drug-likeness (QED) is 0.748. The summed E-state index contributed by atoms with van der Waals surface area (Å²) in [6.07, 6.45) is 0. The van der Waals surface area contributed by atoms with E-state index >= 15 is 0 Å². The zero-order chi connectivity index (χ0) is 18.0. The Hall–Kier alpha value is -3.22. The summed E-state index contributed by atoms with van der Waals surface area (Å²) in [6.45, 7) is 1.95. The number of aromatic nitrogens is 3. The number of carbonyl (C=O) groups excluding carboxylic acids is 1. The van der Waals surface area contributed by atoms with Crippen molar-refractivity contribution in [2.75, 3.05) is 5.32 Å². The first kappa shape index (κ1) is 16.6. The van der Waals surface area contributed by atoms with Gasteiger partial charge in [0.05, 0.1) is 12.1 Å². The van der Waals surface area contributed by atoms with Crippen LogP contribution in [0.2, 0.25) is 0 Å². The number of nitrogens with one attached hydrogen (secondary N) is 1. The van der Waals surface area contributed by atoms with E-state index in [-0.39, 0.29) is 5.56 Å². The summed E-state index contributed by atoms with van der Waals surface area (Å²) in [4.78, 5) is 11.5. The highest BCUT2D eigenvalue weighted by Crippen LogP contribution is 2.22. The third-order valence-corrected chi connectivity index (χ3v) is 4.00. The maximum absolute atomic E-state index is 13.7. The predicted octanol–water partition coefficient (Wildman–Crippen LogP) is 2.64. The summed E-state index contributed by atoms with van der Waals surface area (Å²) in [5.74, 6) is 0.257. The molecule has 0 bridgehead atoms. The van der Waals surface area contributed by atoms with Crippen LogP contribution in [0.1, 0.15) is 21.7 Å². The molecule has 0 spiro atoms. The van der Waals surface area contributed by atoms with Crippen LogP contribution in [0.25, 0.3) is 11.4 Å². The Morgan fingerprint density at radius 3 is 2.64 bits per heavy atom. The first-order valence-corrected chi connectivity index (χ1v) is 7.75. The molecule has 3 rings (SSSR count). The number of benzene rings is 2. The number of rotatable bonds is 5. The van der Waals surface area contributed by atoms with Crippen molar-refractivity contribution < 1.29 is 9.18 Å². The van der Waals surface area contributed by atoms with Crippen LogP contribution >= 0.6 is 0 Å². The molecule has 0 saturated carbocycles. The number of nitrogens with zero attached hydrogens (tertiary/aromatic N) is 3. The molecule has 128 valence electrons. The molecular formula is C18H18FN5O. The van der Waals surface area contributed by atoms with Crippen LogP contribution < -0.4 is 11.1 Å². The van der Waals surface area contributed by atoms with Gasteiger partial charge in [-0.1, -0.05) is 30.3 Å². The Labute approximate surface area is 144 Å². The molecule has 0 aliphatic carbocycles. The van der Waals surface area contributed by atoms with E-state index < -0.39 is 11.7 Å². The lowest BCUT2D eigenvalue weighted by molar-refractivity contribution is 0.100. The van der Waals surface area contributed by atoms with Gasteiger partial charge in [0.2, 0.25) is 0 Å². The van der Waals surface area contributed by atoms with Gasteiger partial charge in [-0.25, -0.2) is 4.39 Å². The molecule has 6 nitrogen and oxygen atoms in total. The van der Waals surface area contributed by atoms with Crippen molar-refractivity contribution in [2.24, 2.45) is 12.8 Å². The van der Waals surface area contributed by atoms with Crippen LogP contribution in [-0.4, -0.2) is 20.7 Å². The Balaban J connectivity index is 1.85. The third kappa shape index (κ3) is 3.35. The van der Waals surface area contributed by atoms with E-state index in [2.05, 4.69) is 15.5 Å². The molecule has 0 aliphatic heterocycles. The van der Waals surface area contributed by atoms with Gasteiger partial charge < -0.3 is 15.6 Å². The lowest BCUT2D eigenvalue weighted by atomic mass is 10.1. The zero-order valence-corrected chi connectivity index (χ0v) is 14.0. The number of hydrogen-bond acceptors (Lipinski definition) is 4. The number of primary amides is 1. The first-order valence-electron chi connectivity index (χ1n) is 7.75. The van der Waals surface area contributed by atoms with Crippen LogP contribution in [0.5, 0.6) is 0 Å². The molecule has 0 unspecified atom stereocenters. The van der Waals surface area contributed by atoms with Crippen LogP contribution in [0, 0.1) is 12.7 Å². The van der Waals surface area contributed by atoms with Crippen LogP contribution in [-0.2, 0) is 13.6 Å². The van der Waals surface area contributed by atoms with E-state index in [4.69, 9.17) is 5.73 Å². The largest absolute Gasteiger partial charge is 0.377 e. The van der Waals surface area contributed by atoms with E-state index in [1.807, 2.05) is 41.9 Å². The van der Waals surface area contributed by atoms with Gasteiger partial charge >= 0.3 is 0 Å². The average molecular weight is 339 g/mol. The van der Waals surface area contributed by atoms with E-state index in [0.29, 0.717) is 23.6 Å². The average Bonchev–Trinajstić information content (AvgIpc) is 2.97. The second kappa shape index (κ2) is 6.72. The zero-order valence-electron chi connectivity index (χ0n) is 14.0. The summed E-state index contributed by atoms with van der Waals surface area (Å²) in [5, 5.41) is 11.5. The van der Waals surface area contributed by atoms with Crippen molar-refractivity contribution in [1.82, 2.24) is 14.8 Å². The van der Waals surface area contributed by atoms with E-state index in [0.717, 1.165) is 17.5 Å². The Morgan fingerprint density at radius 1 is 1.24 bits per heavy atom. The Morgan fingerprint density at radius 2 is 1.96 bits per heavy atom. The molecule has 1 heterocycles. The molecule has 2 aromatic carbocycles. The van der Waals surface area contributed by atoms with E-state index in [1.165, 1.54) is 0 Å². The fraction of sp³-hybridized carbons (Fsp3) is 0.167. The Kier molecular flexibility index (Phi) is 4.47. The number of carbonyl (C=O) groups is 1. The van der Waals surface area contributed by atoms with Crippen molar-refractivity contribution in [2.45, 2.75) is 13.5 Å². The van der Waals surface area contributed by atoms with Gasteiger partial charge in [-0.2, -0.15) is 0 Å². The Bertz CT molecular complexity index is 921. The summed E-state index contributed by atoms with van der Waals surface area (Å²) in [7, 11) is 1.87. The molecule has 3 aromatic rings. The highest BCUT2D eigenvalue weighted by molar-refractivity contribution is 5.98. The molecule has 3 N–H and O–H groups in total. The summed E-state index contributed by atoms with van der Waals surface area (Å²) in [6, 6.07) is 12.4. The van der Waals surface area contributed by atoms with Crippen molar-refractivity contribution >= 4 is 11.6 Å². The van der Waals surface area contributed by atoms with Gasteiger partial charge in [0, 0.05) is 18.3 Å². The van der Waals surface area contributed by atoms with Crippen molar-refractivity contribution in [3.8, 4) is 11.4 Å². The van der Waals surface area contributed by atoms with Crippen LogP contribution in [0.15, 0.2) is 42.5 Å². The lowest BCUT2D eigenvalue weighted by Crippen LogP contribution is -2.16. The first-order chi connectivity index (χ1) is 12.0. The van der Waals surface area contributed by atoms with Gasteiger partial charge in [-0.3, -0.25) is 4.79 Å². The van der Waals surface area contributed by atoms with E-state index in [1.54, 1.807) is 13.0 Å². The minimum Gasteiger partial charge on any atom is -0.377 e. The monoisotopic (exact) mass is 339 g/mol. The van der Waals surface area contributed by atoms with Gasteiger partial charge in [-0.05, 0) is 24.6 Å². The smallest absolute Gasteiger partial charge is 0.250 e. The minimum absolute atomic E-state index is 0.105. The highest BCUT2D eigenvalue weighted by Gasteiger charge is 2.14. The van der Waals surface area contributed by atoms with Gasteiger partial charge in [0.15, 0.2) is 11.6 Å². The number of nitrogens with two attached hydrogens (primary N) is 1. The fourth-order valence-electron chi connectivity index (χ4n) is 2.56. The molecule has 0 radical (unpaired) electrons. The SMILES string of the molecule is Cc1cc(NCc2nnc(-c3ccccc3)n2C)c(C(N)=O)cc1F. The second-order valence-corrected chi connectivity index (χ2v) is 5.73. The molecule has 25 heavy (non-hydrogen) atoms. The fourth-order valence-corrected chi connectivity index (χ4v) is 2.56. The maximum Gasteiger partial charge on any atom is 0.250 e. The summed E-state index contributed by atoms with van der Waals surface area (Å²) < 4.78 is 15.5. The number of anilines is 1. The van der Waals surface area contributed by atoms with Crippen molar-refractivity contribution in [1.29, 1.82) is 0 Å². The number of amides is 1.